The van der Waals surface area contributed by atoms with Crippen LogP contribution in [0, 0.1) is 0 Å². The zero-order chi connectivity index (χ0) is 18.3. The summed E-state index contributed by atoms with van der Waals surface area (Å²) in [4.78, 5) is 29.1. The molecule has 0 saturated heterocycles. The maximum atomic E-state index is 11.5. The summed E-state index contributed by atoms with van der Waals surface area (Å²) < 4.78 is 11.5. The maximum Gasteiger partial charge on any atom is 1.00 e. The van der Waals surface area contributed by atoms with Crippen LogP contribution in [0.1, 0.15) is 90.4 Å². The largest absolute Gasteiger partial charge is 1.00 e. The number of aliphatic carboxylic acids is 1. The van der Waals surface area contributed by atoms with Crippen LogP contribution in [-0.2, 0) is 9.36 Å². The van der Waals surface area contributed by atoms with Crippen LogP contribution in [0.25, 0.3) is 0 Å². The third kappa shape index (κ3) is 18.9. The zero-order valence-electron chi connectivity index (χ0n) is 16.0. The number of allylic oxidation sites excluding steroid dienone is 2. The molecule has 0 saturated carbocycles. The summed E-state index contributed by atoms with van der Waals surface area (Å²) >= 11 is 0. The van der Waals surface area contributed by atoms with E-state index in [1.807, 2.05) is 12.2 Å². The van der Waals surface area contributed by atoms with Gasteiger partial charge in [0.05, 0.1) is 5.66 Å². The summed E-state index contributed by atoms with van der Waals surface area (Å²) in [5.41, 5.74) is -0.546. The Balaban J connectivity index is 0. The van der Waals surface area contributed by atoms with Gasteiger partial charge in [-0.15, -0.1) is 0 Å². The van der Waals surface area contributed by atoms with Gasteiger partial charge in [0.2, 0.25) is 0 Å². The second kappa shape index (κ2) is 17.8. The molecular weight excluding hydrogens is 350 g/mol. The van der Waals surface area contributed by atoms with E-state index in [0.717, 1.165) is 57.8 Å². The molecule has 0 fully saturated rings. The fraction of sp³-hybridized carbons (Fsp3) is 0.833. The molecule has 0 aliphatic heterocycles. The van der Waals surface area contributed by atoms with E-state index in [9.17, 15) is 24.3 Å². The molecule has 0 radical (unpaired) electrons. The van der Waals surface area contributed by atoms with Gasteiger partial charge in [0.25, 0.3) is 0 Å². The SMILES string of the molecule is CCCCCCC(C/C=C\CCCCCCCC(=O)[O-])P(=O)(O)O.[Na+]. The molecule has 1 unspecified atom stereocenters. The van der Waals surface area contributed by atoms with Crippen molar-refractivity contribution in [2.45, 2.75) is 96.1 Å². The van der Waals surface area contributed by atoms with Gasteiger partial charge in [0.1, 0.15) is 0 Å². The molecule has 0 aromatic carbocycles. The molecule has 0 spiro atoms. The Hall–Kier alpha value is 0.360. The first-order valence-electron chi connectivity index (χ1n) is 9.28. The second-order valence-electron chi connectivity index (χ2n) is 6.48. The van der Waals surface area contributed by atoms with E-state index in [-0.39, 0.29) is 36.0 Å². The molecule has 1 atom stereocenters. The van der Waals surface area contributed by atoms with E-state index in [1.54, 1.807) is 0 Å². The molecule has 0 amide bonds. The van der Waals surface area contributed by atoms with Crippen LogP contribution in [0.4, 0.5) is 0 Å². The number of unbranched alkanes of at least 4 members (excludes halogenated alkanes) is 8. The molecule has 0 aromatic heterocycles. The van der Waals surface area contributed by atoms with Crippen molar-refractivity contribution >= 4 is 13.6 Å². The average Bonchev–Trinajstić information content (AvgIpc) is 2.49. The Labute approximate surface area is 175 Å². The van der Waals surface area contributed by atoms with Gasteiger partial charge in [-0.2, -0.15) is 0 Å². The smallest absolute Gasteiger partial charge is 0.550 e. The first kappa shape index (κ1) is 27.6. The van der Waals surface area contributed by atoms with Gasteiger partial charge >= 0.3 is 37.2 Å². The van der Waals surface area contributed by atoms with Crippen molar-refractivity contribution in [3.05, 3.63) is 12.2 Å². The number of carbonyl (C=O) groups is 1. The number of hydrogen-bond acceptors (Lipinski definition) is 3. The van der Waals surface area contributed by atoms with Crippen molar-refractivity contribution in [2.24, 2.45) is 0 Å². The van der Waals surface area contributed by atoms with Crippen LogP contribution < -0.4 is 34.7 Å². The van der Waals surface area contributed by atoms with Gasteiger partial charge < -0.3 is 19.7 Å². The molecule has 7 heteroatoms. The Kier molecular flexibility index (Phi) is 19.6. The zero-order valence-corrected chi connectivity index (χ0v) is 18.9. The third-order valence-electron chi connectivity index (χ3n) is 4.19. The quantitative estimate of drug-likeness (QED) is 0.179. The summed E-state index contributed by atoms with van der Waals surface area (Å²) in [5.74, 6) is -0.979. The van der Waals surface area contributed by atoms with E-state index in [0.29, 0.717) is 19.3 Å². The molecule has 0 aliphatic carbocycles. The summed E-state index contributed by atoms with van der Waals surface area (Å²) in [6.07, 6.45) is 14.8. The fourth-order valence-electron chi connectivity index (χ4n) is 2.66. The van der Waals surface area contributed by atoms with Gasteiger partial charge in [0, 0.05) is 5.97 Å². The van der Waals surface area contributed by atoms with Crippen LogP contribution in [0.2, 0.25) is 0 Å². The summed E-state index contributed by atoms with van der Waals surface area (Å²) in [7, 11) is -4.01. The molecule has 2 N–H and O–H groups in total. The number of rotatable bonds is 16. The van der Waals surface area contributed by atoms with Gasteiger partial charge in [-0.25, -0.2) is 0 Å². The summed E-state index contributed by atoms with van der Waals surface area (Å²) in [6, 6.07) is 0. The molecule has 0 aromatic rings. The molecule has 25 heavy (non-hydrogen) atoms. The predicted octanol–water partition coefficient (Wildman–Crippen LogP) is 0.934. The Morgan fingerprint density at radius 3 is 2.20 bits per heavy atom. The third-order valence-corrected chi connectivity index (χ3v) is 5.61. The Morgan fingerprint density at radius 2 is 1.60 bits per heavy atom. The molecule has 0 rings (SSSR count). The normalized spacial score (nSPS) is 12.9. The van der Waals surface area contributed by atoms with Gasteiger partial charge in [0.15, 0.2) is 0 Å². The first-order valence-corrected chi connectivity index (χ1v) is 11.0. The fourth-order valence-corrected chi connectivity index (χ4v) is 3.58. The molecular formula is C18H34NaO5P. The summed E-state index contributed by atoms with van der Waals surface area (Å²) in [6.45, 7) is 2.12. The number of hydrogen-bond donors (Lipinski definition) is 2. The van der Waals surface area contributed by atoms with Crippen molar-refractivity contribution in [3.63, 3.8) is 0 Å². The van der Waals surface area contributed by atoms with Crippen molar-refractivity contribution in [3.8, 4) is 0 Å². The van der Waals surface area contributed by atoms with E-state index in [4.69, 9.17) is 0 Å². The van der Waals surface area contributed by atoms with Crippen molar-refractivity contribution < 1.29 is 53.8 Å². The van der Waals surface area contributed by atoms with Crippen LogP contribution in [0.3, 0.4) is 0 Å². The van der Waals surface area contributed by atoms with Gasteiger partial charge in [-0.3, -0.25) is 4.57 Å². The summed E-state index contributed by atoms with van der Waals surface area (Å²) in [5, 5.41) is 10.3. The van der Waals surface area contributed by atoms with Crippen LogP contribution >= 0.6 is 7.60 Å². The van der Waals surface area contributed by atoms with E-state index >= 15 is 0 Å². The van der Waals surface area contributed by atoms with E-state index in [2.05, 4.69) is 6.92 Å². The van der Waals surface area contributed by atoms with Crippen molar-refractivity contribution in [2.75, 3.05) is 0 Å². The first-order chi connectivity index (χ1) is 11.4. The van der Waals surface area contributed by atoms with Crippen LogP contribution in [-0.4, -0.2) is 21.4 Å². The monoisotopic (exact) mass is 384 g/mol. The van der Waals surface area contributed by atoms with Gasteiger partial charge in [-0.1, -0.05) is 64.0 Å². The average molecular weight is 384 g/mol. The standard InChI is InChI=1S/C18H35O5P.Na/c1-2-3-4-11-14-17(24(21,22)23)15-12-9-7-5-6-8-10-13-16-18(19)20;/h9,12,17H,2-8,10-11,13-16H2,1H3,(H,19,20)(H2,21,22,23);/q;+1/p-1/b12-9-;. The molecule has 5 nitrogen and oxygen atoms in total. The number of carbonyl (C=O) groups excluding carboxylic acids is 1. The topological polar surface area (TPSA) is 97.7 Å². The van der Waals surface area contributed by atoms with Crippen molar-refractivity contribution in [1.29, 1.82) is 0 Å². The van der Waals surface area contributed by atoms with E-state index < -0.39 is 19.2 Å². The Morgan fingerprint density at radius 1 is 1.00 bits per heavy atom. The molecule has 0 bridgehead atoms. The minimum absolute atomic E-state index is 0. The van der Waals surface area contributed by atoms with Crippen molar-refractivity contribution in [1.82, 2.24) is 0 Å². The van der Waals surface area contributed by atoms with E-state index in [1.165, 1.54) is 0 Å². The minimum atomic E-state index is -4.01. The second-order valence-corrected chi connectivity index (χ2v) is 8.39. The Bertz CT molecular complexity index is 395. The molecule has 142 valence electrons. The number of carboxylic acid groups (broad SMARTS) is 1. The predicted molar refractivity (Wildman–Crippen MR) is 95.7 cm³/mol. The minimum Gasteiger partial charge on any atom is -0.550 e. The van der Waals surface area contributed by atoms with Crippen LogP contribution in [0.15, 0.2) is 12.2 Å². The maximum absolute atomic E-state index is 11.5. The van der Waals surface area contributed by atoms with Crippen LogP contribution in [0.5, 0.6) is 0 Å². The molecule has 0 aliphatic rings. The molecule has 0 heterocycles. The number of carboxylic acids is 1. The van der Waals surface area contributed by atoms with Gasteiger partial charge in [-0.05, 0) is 38.5 Å².